The van der Waals surface area contributed by atoms with E-state index in [1.807, 2.05) is 6.07 Å². The topological polar surface area (TPSA) is 59.0 Å². The Balaban J connectivity index is 3.05. The molecule has 0 saturated carbocycles. The third-order valence-corrected chi connectivity index (χ3v) is 1.94. The monoisotopic (exact) mass is 224 g/mol. The van der Waals surface area contributed by atoms with Crippen molar-refractivity contribution in [1.29, 1.82) is 5.26 Å². The Labute approximate surface area is 91.7 Å². The number of benzene rings is 1. The van der Waals surface area contributed by atoms with E-state index in [1.165, 1.54) is 18.2 Å². The SMILES string of the molecule is C/C(C#N)=C(/N)c1cccc(OC(F)F)c1. The van der Waals surface area contributed by atoms with E-state index in [4.69, 9.17) is 11.0 Å². The molecule has 1 aromatic carbocycles. The van der Waals surface area contributed by atoms with Crippen LogP contribution in [0, 0.1) is 11.3 Å². The van der Waals surface area contributed by atoms with E-state index in [-0.39, 0.29) is 11.4 Å². The van der Waals surface area contributed by atoms with E-state index in [9.17, 15) is 8.78 Å². The Morgan fingerprint density at radius 1 is 1.50 bits per heavy atom. The van der Waals surface area contributed by atoms with Crippen molar-refractivity contribution in [2.24, 2.45) is 5.73 Å². The summed E-state index contributed by atoms with van der Waals surface area (Å²) in [6, 6.07) is 7.80. The van der Waals surface area contributed by atoms with E-state index in [0.717, 1.165) is 0 Å². The summed E-state index contributed by atoms with van der Waals surface area (Å²) in [5.41, 5.74) is 6.73. The molecule has 3 nitrogen and oxygen atoms in total. The molecule has 1 aromatic rings. The molecule has 0 unspecified atom stereocenters. The van der Waals surface area contributed by atoms with Crippen LogP contribution in [-0.2, 0) is 0 Å². The highest BCUT2D eigenvalue weighted by Gasteiger charge is 2.06. The van der Waals surface area contributed by atoms with Gasteiger partial charge < -0.3 is 10.5 Å². The van der Waals surface area contributed by atoms with Crippen LogP contribution in [0.25, 0.3) is 5.70 Å². The van der Waals surface area contributed by atoms with E-state index >= 15 is 0 Å². The number of alkyl halides is 2. The highest BCUT2D eigenvalue weighted by Crippen LogP contribution is 2.20. The summed E-state index contributed by atoms with van der Waals surface area (Å²) in [5, 5.41) is 8.64. The first-order valence-corrected chi connectivity index (χ1v) is 4.46. The van der Waals surface area contributed by atoms with Gasteiger partial charge in [-0.2, -0.15) is 14.0 Å². The van der Waals surface area contributed by atoms with Gasteiger partial charge in [0.15, 0.2) is 0 Å². The van der Waals surface area contributed by atoms with Gasteiger partial charge in [-0.1, -0.05) is 12.1 Å². The third kappa shape index (κ3) is 2.95. The Morgan fingerprint density at radius 2 is 2.19 bits per heavy atom. The van der Waals surface area contributed by atoms with Gasteiger partial charge in [-0.3, -0.25) is 0 Å². The van der Waals surface area contributed by atoms with Gasteiger partial charge in [0.25, 0.3) is 0 Å². The fourth-order valence-corrected chi connectivity index (χ4v) is 1.12. The van der Waals surface area contributed by atoms with Crippen LogP contribution in [0.5, 0.6) is 5.75 Å². The zero-order valence-electron chi connectivity index (χ0n) is 8.58. The number of rotatable bonds is 3. The molecule has 0 aliphatic heterocycles. The van der Waals surface area contributed by atoms with Crippen LogP contribution in [0.2, 0.25) is 0 Å². The van der Waals surface area contributed by atoms with E-state index in [0.29, 0.717) is 11.1 Å². The molecular formula is C11H10F2N2O. The maximum atomic E-state index is 12.0. The van der Waals surface area contributed by atoms with E-state index in [2.05, 4.69) is 4.74 Å². The molecule has 1 rings (SSSR count). The number of halogens is 2. The second-order valence-electron chi connectivity index (χ2n) is 3.06. The summed E-state index contributed by atoms with van der Waals surface area (Å²) in [7, 11) is 0. The first kappa shape index (κ1) is 12.0. The van der Waals surface area contributed by atoms with Gasteiger partial charge in [0.05, 0.1) is 11.8 Å². The van der Waals surface area contributed by atoms with Crippen LogP contribution in [0.15, 0.2) is 29.8 Å². The highest BCUT2D eigenvalue weighted by molar-refractivity contribution is 5.69. The fraction of sp³-hybridized carbons (Fsp3) is 0.182. The Kier molecular flexibility index (Phi) is 3.84. The van der Waals surface area contributed by atoms with Crippen LogP contribution in [-0.4, -0.2) is 6.61 Å². The molecule has 0 aromatic heterocycles. The lowest BCUT2D eigenvalue weighted by Crippen LogP contribution is -2.03. The summed E-state index contributed by atoms with van der Waals surface area (Å²) >= 11 is 0. The highest BCUT2D eigenvalue weighted by atomic mass is 19.3. The van der Waals surface area contributed by atoms with Crippen molar-refractivity contribution in [1.82, 2.24) is 0 Å². The van der Waals surface area contributed by atoms with Crippen LogP contribution in [0.1, 0.15) is 12.5 Å². The second kappa shape index (κ2) is 5.12. The maximum Gasteiger partial charge on any atom is 0.387 e. The van der Waals surface area contributed by atoms with Crippen molar-refractivity contribution in [3.8, 4) is 11.8 Å². The standard InChI is InChI=1S/C11H10F2N2O/c1-7(6-14)10(15)8-3-2-4-9(5-8)16-11(12)13/h2-5,11H,15H2,1H3/b10-7-. The lowest BCUT2D eigenvalue weighted by molar-refractivity contribution is -0.0498. The first-order chi connectivity index (χ1) is 7.54. The van der Waals surface area contributed by atoms with Crippen LogP contribution in [0.4, 0.5) is 8.78 Å². The van der Waals surface area contributed by atoms with Crippen molar-refractivity contribution in [3.05, 3.63) is 35.4 Å². The van der Waals surface area contributed by atoms with Crippen molar-refractivity contribution >= 4 is 5.70 Å². The molecule has 5 heteroatoms. The minimum Gasteiger partial charge on any atom is -0.435 e. The fourth-order valence-electron chi connectivity index (χ4n) is 1.12. The number of hydrogen-bond donors (Lipinski definition) is 1. The van der Waals surface area contributed by atoms with Gasteiger partial charge in [0.2, 0.25) is 0 Å². The number of nitrogens with zero attached hydrogens (tertiary/aromatic N) is 1. The molecule has 0 heterocycles. The quantitative estimate of drug-likeness (QED) is 0.802. The van der Waals surface area contributed by atoms with Gasteiger partial charge in [-0.15, -0.1) is 0 Å². The maximum absolute atomic E-state index is 12.0. The van der Waals surface area contributed by atoms with Crippen molar-refractivity contribution < 1.29 is 13.5 Å². The van der Waals surface area contributed by atoms with Crippen LogP contribution in [0.3, 0.4) is 0 Å². The van der Waals surface area contributed by atoms with Gasteiger partial charge in [-0.05, 0) is 19.1 Å². The number of allylic oxidation sites excluding steroid dienone is 1. The molecule has 0 spiro atoms. The zero-order valence-corrected chi connectivity index (χ0v) is 8.58. The molecule has 2 N–H and O–H groups in total. The molecule has 0 bridgehead atoms. The van der Waals surface area contributed by atoms with Crippen molar-refractivity contribution in [3.63, 3.8) is 0 Å². The molecule has 0 amide bonds. The second-order valence-corrected chi connectivity index (χ2v) is 3.06. The summed E-state index contributed by atoms with van der Waals surface area (Å²) in [6.45, 7) is -1.33. The molecule has 0 radical (unpaired) electrons. The van der Waals surface area contributed by atoms with Gasteiger partial charge in [0, 0.05) is 11.1 Å². The lowest BCUT2D eigenvalue weighted by Gasteiger charge is -2.07. The summed E-state index contributed by atoms with van der Waals surface area (Å²) in [4.78, 5) is 0. The largest absolute Gasteiger partial charge is 0.435 e. The Bertz CT molecular complexity index is 450. The number of nitrogens with two attached hydrogens (primary N) is 1. The third-order valence-electron chi connectivity index (χ3n) is 1.94. The van der Waals surface area contributed by atoms with Crippen molar-refractivity contribution in [2.75, 3.05) is 0 Å². The van der Waals surface area contributed by atoms with E-state index < -0.39 is 6.61 Å². The van der Waals surface area contributed by atoms with Gasteiger partial charge >= 0.3 is 6.61 Å². The minimum atomic E-state index is -2.88. The molecule has 84 valence electrons. The average Bonchev–Trinajstić information content (AvgIpc) is 2.26. The van der Waals surface area contributed by atoms with Crippen molar-refractivity contribution in [2.45, 2.75) is 13.5 Å². The number of ether oxygens (including phenoxy) is 1. The molecule has 0 saturated heterocycles. The molecular weight excluding hydrogens is 214 g/mol. The van der Waals surface area contributed by atoms with E-state index in [1.54, 1.807) is 13.0 Å². The van der Waals surface area contributed by atoms with Crippen LogP contribution < -0.4 is 10.5 Å². The van der Waals surface area contributed by atoms with Gasteiger partial charge in [-0.25, -0.2) is 0 Å². The first-order valence-electron chi connectivity index (χ1n) is 4.46. The summed E-state index contributed by atoms with van der Waals surface area (Å²) < 4.78 is 28.1. The summed E-state index contributed by atoms with van der Waals surface area (Å²) in [6.07, 6.45) is 0. The molecule has 0 fully saturated rings. The zero-order chi connectivity index (χ0) is 12.1. The van der Waals surface area contributed by atoms with Crippen LogP contribution >= 0.6 is 0 Å². The van der Waals surface area contributed by atoms with Gasteiger partial charge in [0.1, 0.15) is 5.75 Å². The predicted molar refractivity (Wildman–Crippen MR) is 55.5 cm³/mol. The Hall–Kier alpha value is -2.09. The predicted octanol–water partition coefficient (Wildman–Crippen LogP) is 2.50. The molecule has 0 aliphatic rings. The average molecular weight is 224 g/mol. The molecule has 16 heavy (non-hydrogen) atoms. The number of hydrogen-bond acceptors (Lipinski definition) is 3. The minimum absolute atomic E-state index is 0.0150. The summed E-state index contributed by atoms with van der Waals surface area (Å²) in [5.74, 6) is 0.0150. The molecule has 0 aliphatic carbocycles. The Morgan fingerprint density at radius 3 is 2.75 bits per heavy atom. The smallest absolute Gasteiger partial charge is 0.387 e. The molecule has 0 atom stereocenters. The normalized spacial score (nSPS) is 11.9. The number of nitriles is 1. The lowest BCUT2D eigenvalue weighted by atomic mass is 10.1.